The van der Waals surface area contributed by atoms with Crippen molar-refractivity contribution >= 4 is 19.7 Å². The fourth-order valence-electron chi connectivity index (χ4n) is 4.87. The first kappa shape index (κ1) is 49.5. The van der Waals surface area contributed by atoms with Crippen LogP contribution in [-0.4, -0.2) is 54.3 Å². The minimum Gasteiger partial charge on any atom is -0.463 e. The highest BCUT2D eigenvalue weighted by atomic mass is 31.2. The average molecular weight is 750 g/mol. The van der Waals surface area contributed by atoms with Gasteiger partial charge in [-0.05, 0) is 83.5 Å². The predicted molar refractivity (Wildman–Crippen MR) is 215 cm³/mol. The standard InChI is InChI=1S/C42H72NO8P/c1-3-5-7-9-11-13-15-17-18-19-20-21-22-23-25-27-29-31-33-35-42(46)49-38-40(44)39-51-52(47,48)50-37-36-43-41(45)34-32-30-28-26-24-16-14-12-10-8-6-4-2/h5,7,11-14,17-18,20-21,23,25,40,44H,3-4,6,8-10,15-16,19,22,24,26-39H2,1-2H3,(H,43,45)(H,47,48)/b7-5-,13-11-,14-12-,18-17-,21-20-,25-23-. The van der Waals surface area contributed by atoms with Crippen LogP contribution in [0.25, 0.3) is 0 Å². The number of hydrogen-bond acceptors (Lipinski definition) is 7. The van der Waals surface area contributed by atoms with Crippen molar-refractivity contribution in [1.29, 1.82) is 0 Å². The van der Waals surface area contributed by atoms with E-state index in [0.717, 1.165) is 83.5 Å². The zero-order chi connectivity index (χ0) is 38.2. The largest absolute Gasteiger partial charge is 0.472 e. The molecule has 0 aliphatic heterocycles. The summed E-state index contributed by atoms with van der Waals surface area (Å²) in [5, 5.41) is 12.6. The summed E-state index contributed by atoms with van der Waals surface area (Å²) in [6.07, 6.45) is 45.4. The fourth-order valence-corrected chi connectivity index (χ4v) is 5.63. The fraction of sp³-hybridized carbons (Fsp3) is 0.667. The van der Waals surface area contributed by atoms with Crippen molar-refractivity contribution in [2.75, 3.05) is 26.4 Å². The molecule has 2 unspecified atom stereocenters. The van der Waals surface area contributed by atoms with E-state index in [1.54, 1.807) is 0 Å². The Morgan fingerprint density at radius 1 is 0.615 bits per heavy atom. The highest BCUT2D eigenvalue weighted by Gasteiger charge is 2.23. The zero-order valence-electron chi connectivity index (χ0n) is 32.5. The highest BCUT2D eigenvalue weighted by Crippen LogP contribution is 2.42. The minimum atomic E-state index is -4.43. The molecule has 0 aromatic heterocycles. The first-order valence-electron chi connectivity index (χ1n) is 19.9. The number of aliphatic hydroxyl groups is 1. The van der Waals surface area contributed by atoms with Gasteiger partial charge in [-0.2, -0.15) is 0 Å². The van der Waals surface area contributed by atoms with E-state index in [0.29, 0.717) is 12.8 Å². The molecule has 0 radical (unpaired) electrons. The smallest absolute Gasteiger partial charge is 0.463 e. The molecule has 0 aliphatic rings. The Balaban J connectivity index is 3.71. The van der Waals surface area contributed by atoms with E-state index in [9.17, 15) is 24.2 Å². The predicted octanol–water partition coefficient (Wildman–Crippen LogP) is 10.7. The number of carbonyl (C=O) groups is 2. The minimum absolute atomic E-state index is 0.0693. The van der Waals surface area contributed by atoms with Gasteiger partial charge in [-0.1, -0.05) is 125 Å². The van der Waals surface area contributed by atoms with Gasteiger partial charge in [0, 0.05) is 19.4 Å². The van der Waals surface area contributed by atoms with Gasteiger partial charge in [0.05, 0.1) is 13.2 Å². The third-order valence-electron chi connectivity index (χ3n) is 7.87. The van der Waals surface area contributed by atoms with Gasteiger partial charge < -0.3 is 20.1 Å². The van der Waals surface area contributed by atoms with E-state index < -0.39 is 26.5 Å². The molecule has 0 fully saturated rings. The zero-order valence-corrected chi connectivity index (χ0v) is 33.4. The van der Waals surface area contributed by atoms with Gasteiger partial charge in [-0.15, -0.1) is 0 Å². The molecule has 2 atom stereocenters. The Hall–Kier alpha value is -2.55. The lowest BCUT2D eigenvalue weighted by Crippen LogP contribution is -2.27. The van der Waals surface area contributed by atoms with Gasteiger partial charge in [0.25, 0.3) is 0 Å². The summed E-state index contributed by atoms with van der Waals surface area (Å²) in [6.45, 7) is 3.34. The summed E-state index contributed by atoms with van der Waals surface area (Å²) in [6, 6.07) is 0. The maximum Gasteiger partial charge on any atom is 0.472 e. The number of esters is 1. The maximum absolute atomic E-state index is 12.1. The molecule has 0 saturated carbocycles. The number of amides is 1. The number of phosphoric acid groups is 1. The summed E-state index contributed by atoms with van der Waals surface area (Å²) < 4.78 is 26.8. The molecule has 0 heterocycles. The van der Waals surface area contributed by atoms with Crippen molar-refractivity contribution in [3.63, 3.8) is 0 Å². The third-order valence-corrected chi connectivity index (χ3v) is 8.85. The van der Waals surface area contributed by atoms with Crippen LogP contribution < -0.4 is 5.32 Å². The first-order chi connectivity index (χ1) is 25.3. The van der Waals surface area contributed by atoms with Gasteiger partial charge in [-0.3, -0.25) is 18.6 Å². The molecular weight excluding hydrogens is 677 g/mol. The lowest BCUT2D eigenvalue weighted by molar-refractivity contribution is -0.147. The molecule has 0 saturated heterocycles. The molecule has 9 nitrogen and oxygen atoms in total. The second-order valence-corrected chi connectivity index (χ2v) is 14.3. The Bertz CT molecular complexity index is 1080. The Morgan fingerprint density at radius 3 is 1.69 bits per heavy atom. The number of rotatable bonds is 36. The van der Waals surface area contributed by atoms with E-state index in [1.165, 1.54) is 32.1 Å². The first-order valence-corrected chi connectivity index (χ1v) is 21.4. The number of hydrogen-bond donors (Lipinski definition) is 3. The van der Waals surface area contributed by atoms with Gasteiger partial charge in [0.15, 0.2) is 0 Å². The molecule has 0 spiro atoms. The van der Waals surface area contributed by atoms with Crippen LogP contribution in [0.1, 0.15) is 149 Å². The number of allylic oxidation sites excluding steroid dienone is 12. The van der Waals surface area contributed by atoms with E-state index in [1.807, 2.05) is 0 Å². The summed E-state index contributed by atoms with van der Waals surface area (Å²) in [5.74, 6) is -0.566. The second-order valence-electron chi connectivity index (χ2n) is 12.9. The topological polar surface area (TPSA) is 131 Å². The molecule has 0 rings (SSSR count). The molecule has 0 aromatic rings. The molecule has 1 amide bonds. The monoisotopic (exact) mass is 749 g/mol. The molecular formula is C42H72NO8P. The van der Waals surface area contributed by atoms with Crippen LogP contribution in [0.5, 0.6) is 0 Å². The summed E-state index contributed by atoms with van der Waals surface area (Å²) in [5.41, 5.74) is 0. The lowest BCUT2D eigenvalue weighted by atomic mass is 10.1. The van der Waals surface area contributed by atoms with Crippen LogP contribution >= 0.6 is 7.82 Å². The van der Waals surface area contributed by atoms with E-state index in [-0.39, 0.29) is 32.1 Å². The quantitative estimate of drug-likeness (QED) is 0.0250. The number of ether oxygens (including phenoxy) is 1. The van der Waals surface area contributed by atoms with Gasteiger partial charge in [0.2, 0.25) is 5.91 Å². The van der Waals surface area contributed by atoms with Crippen molar-refractivity contribution in [2.24, 2.45) is 0 Å². The lowest BCUT2D eigenvalue weighted by Gasteiger charge is -2.15. The van der Waals surface area contributed by atoms with Crippen molar-refractivity contribution in [1.82, 2.24) is 5.32 Å². The Labute approximate surface area is 316 Å². The SMILES string of the molecule is CC/C=C\C/C=C\C/C=C\C/C=C\C/C=C\CCCCCC(=O)OCC(O)COP(=O)(O)OCCNC(=O)CCCCCCC/C=C\CCCCC. The molecule has 298 valence electrons. The number of phosphoric ester groups is 1. The summed E-state index contributed by atoms with van der Waals surface area (Å²) in [4.78, 5) is 33.8. The molecule has 3 N–H and O–H groups in total. The van der Waals surface area contributed by atoms with Crippen LogP contribution in [0.4, 0.5) is 0 Å². The normalized spacial score (nSPS) is 14.2. The molecule has 0 aromatic carbocycles. The summed E-state index contributed by atoms with van der Waals surface area (Å²) in [7, 11) is -4.43. The summed E-state index contributed by atoms with van der Waals surface area (Å²) >= 11 is 0. The highest BCUT2D eigenvalue weighted by molar-refractivity contribution is 7.47. The molecule has 10 heteroatoms. The van der Waals surface area contributed by atoms with Gasteiger partial charge >= 0.3 is 13.8 Å². The Kier molecular flexibility index (Phi) is 36.3. The number of aliphatic hydroxyl groups excluding tert-OH is 1. The van der Waals surface area contributed by atoms with Gasteiger partial charge in [0.1, 0.15) is 12.7 Å². The van der Waals surface area contributed by atoms with E-state index in [4.69, 9.17) is 13.8 Å². The Morgan fingerprint density at radius 2 is 1.10 bits per heavy atom. The van der Waals surface area contributed by atoms with E-state index in [2.05, 4.69) is 92.1 Å². The van der Waals surface area contributed by atoms with Crippen LogP contribution in [0.2, 0.25) is 0 Å². The third kappa shape index (κ3) is 38.7. The van der Waals surface area contributed by atoms with Crippen molar-refractivity contribution < 1.29 is 37.9 Å². The average Bonchev–Trinajstić information content (AvgIpc) is 3.13. The van der Waals surface area contributed by atoms with Gasteiger partial charge in [-0.25, -0.2) is 4.57 Å². The van der Waals surface area contributed by atoms with Crippen LogP contribution in [0.15, 0.2) is 72.9 Å². The van der Waals surface area contributed by atoms with Crippen molar-refractivity contribution in [2.45, 2.75) is 155 Å². The van der Waals surface area contributed by atoms with Crippen molar-refractivity contribution in [3.8, 4) is 0 Å². The molecule has 0 aliphatic carbocycles. The molecule has 0 bridgehead atoms. The molecule has 52 heavy (non-hydrogen) atoms. The number of nitrogens with one attached hydrogen (secondary N) is 1. The second kappa shape index (κ2) is 38.2. The maximum atomic E-state index is 12.1. The van der Waals surface area contributed by atoms with E-state index >= 15 is 0 Å². The number of unbranched alkanes of at least 4 members (excludes halogenated alkanes) is 11. The van der Waals surface area contributed by atoms with Crippen LogP contribution in [0, 0.1) is 0 Å². The number of carbonyl (C=O) groups excluding carboxylic acids is 2. The van der Waals surface area contributed by atoms with Crippen molar-refractivity contribution in [3.05, 3.63) is 72.9 Å². The van der Waals surface area contributed by atoms with Crippen LogP contribution in [-0.2, 0) is 27.9 Å². The van der Waals surface area contributed by atoms with Crippen LogP contribution in [0.3, 0.4) is 0 Å².